The van der Waals surface area contributed by atoms with Crippen molar-refractivity contribution in [1.82, 2.24) is 10.6 Å². The molecular weight excluding hydrogens is 358 g/mol. The van der Waals surface area contributed by atoms with Crippen LogP contribution in [-0.4, -0.2) is 31.4 Å². The van der Waals surface area contributed by atoms with E-state index < -0.39 is 0 Å². The third-order valence-corrected chi connectivity index (χ3v) is 3.79. The van der Waals surface area contributed by atoms with Crippen LogP contribution in [0.2, 0.25) is 0 Å². The fourth-order valence-corrected chi connectivity index (χ4v) is 2.40. The number of amides is 2. The summed E-state index contributed by atoms with van der Waals surface area (Å²) in [6.07, 6.45) is 1.67. The smallest absolute Gasteiger partial charge is 0.243 e. The van der Waals surface area contributed by atoms with Gasteiger partial charge >= 0.3 is 0 Å². The molecule has 0 aliphatic carbocycles. The van der Waals surface area contributed by atoms with E-state index in [1.807, 2.05) is 12.1 Å². The molecule has 1 aliphatic heterocycles. The van der Waals surface area contributed by atoms with Crippen molar-refractivity contribution >= 4 is 45.8 Å². The van der Waals surface area contributed by atoms with Crippen LogP contribution in [0.25, 0.3) is 0 Å². The summed E-state index contributed by atoms with van der Waals surface area (Å²) in [4.78, 5) is 23.6. The highest BCUT2D eigenvalue weighted by molar-refractivity contribution is 9.10. The van der Waals surface area contributed by atoms with E-state index >= 15 is 0 Å². The van der Waals surface area contributed by atoms with Crippen molar-refractivity contribution < 1.29 is 9.59 Å². The van der Waals surface area contributed by atoms with Gasteiger partial charge in [0, 0.05) is 16.1 Å². The van der Waals surface area contributed by atoms with Gasteiger partial charge in [-0.3, -0.25) is 9.59 Å². The summed E-state index contributed by atoms with van der Waals surface area (Å²) in [5, 5.41) is 8.64. The molecule has 116 valence electrons. The summed E-state index contributed by atoms with van der Waals surface area (Å²) in [5.41, 5.74) is 0.717. The Morgan fingerprint density at radius 3 is 2.43 bits per heavy atom. The van der Waals surface area contributed by atoms with Crippen LogP contribution in [0.5, 0.6) is 0 Å². The third-order valence-electron chi connectivity index (χ3n) is 3.26. The first kappa shape index (κ1) is 17.9. The second-order valence-corrected chi connectivity index (χ2v) is 5.71. The number of piperidine rings is 1. The van der Waals surface area contributed by atoms with Crippen molar-refractivity contribution in [2.45, 2.75) is 12.8 Å². The van der Waals surface area contributed by atoms with Gasteiger partial charge in [0.1, 0.15) is 0 Å². The number of hydrogen-bond donors (Lipinski definition) is 3. The first-order valence-electron chi connectivity index (χ1n) is 6.69. The molecule has 1 aliphatic rings. The molecule has 5 nitrogen and oxygen atoms in total. The molecule has 1 aromatic carbocycles. The lowest BCUT2D eigenvalue weighted by atomic mass is 9.97. The monoisotopic (exact) mass is 375 g/mol. The number of carbonyl (C=O) groups is 2. The van der Waals surface area contributed by atoms with E-state index in [0.717, 1.165) is 30.4 Å². The van der Waals surface area contributed by atoms with Crippen molar-refractivity contribution in [1.29, 1.82) is 0 Å². The van der Waals surface area contributed by atoms with Crippen LogP contribution in [0, 0.1) is 5.92 Å². The number of carbonyl (C=O) groups excluding carboxylic acids is 2. The van der Waals surface area contributed by atoms with Crippen molar-refractivity contribution in [2.24, 2.45) is 5.92 Å². The lowest BCUT2D eigenvalue weighted by Gasteiger charge is -2.21. The van der Waals surface area contributed by atoms with Gasteiger partial charge in [-0.05, 0) is 50.2 Å². The minimum absolute atomic E-state index is 0. The normalized spacial score (nSPS) is 14.9. The predicted molar refractivity (Wildman–Crippen MR) is 88.6 cm³/mol. The van der Waals surface area contributed by atoms with Gasteiger partial charge < -0.3 is 16.0 Å². The summed E-state index contributed by atoms with van der Waals surface area (Å²) < 4.78 is 0.953. The molecule has 0 aromatic heterocycles. The Morgan fingerprint density at radius 2 is 1.81 bits per heavy atom. The largest absolute Gasteiger partial charge is 0.347 e. The number of halogens is 2. The molecule has 21 heavy (non-hydrogen) atoms. The molecule has 1 saturated heterocycles. The maximum Gasteiger partial charge on any atom is 0.243 e. The maximum atomic E-state index is 11.9. The van der Waals surface area contributed by atoms with Gasteiger partial charge in [-0.25, -0.2) is 0 Å². The van der Waals surface area contributed by atoms with Crippen molar-refractivity contribution in [3.8, 4) is 0 Å². The van der Waals surface area contributed by atoms with Crippen LogP contribution in [0.1, 0.15) is 12.8 Å². The van der Waals surface area contributed by atoms with Gasteiger partial charge in [0.15, 0.2) is 0 Å². The molecule has 1 aromatic rings. The van der Waals surface area contributed by atoms with Crippen LogP contribution in [0.3, 0.4) is 0 Å². The molecule has 0 unspecified atom stereocenters. The highest BCUT2D eigenvalue weighted by Gasteiger charge is 2.20. The maximum absolute atomic E-state index is 11.9. The third kappa shape index (κ3) is 6.03. The van der Waals surface area contributed by atoms with Gasteiger partial charge in [0.2, 0.25) is 11.8 Å². The number of rotatable bonds is 4. The summed E-state index contributed by atoms with van der Waals surface area (Å²) in [7, 11) is 0. The summed E-state index contributed by atoms with van der Waals surface area (Å²) in [6.45, 7) is 1.74. The Bertz CT molecular complexity index is 476. The van der Waals surface area contributed by atoms with Gasteiger partial charge in [-0.15, -0.1) is 12.4 Å². The molecular formula is C14H19BrClN3O2. The molecule has 7 heteroatoms. The molecule has 1 fully saturated rings. The molecule has 3 N–H and O–H groups in total. The fraction of sp³-hybridized carbons (Fsp3) is 0.429. The molecule has 0 atom stereocenters. The van der Waals surface area contributed by atoms with Gasteiger partial charge in [0.25, 0.3) is 0 Å². The van der Waals surface area contributed by atoms with E-state index in [9.17, 15) is 9.59 Å². The van der Waals surface area contributed by atoms with Gasteiger partial charge in [-0.2, -0.15) is 0 Å². The SMILES string of the molecule is Cl.O=C(CNC(=O)C1CCNCC1)Nc1ccc(Br)cc1. The summed E-state index contributed by atoms with van der Waals surface area (Å²) in [6, 6.07) is 7.31. The van der Waals surface area contributed by atoms with E-state index in [0.29, 0.717) is 5.69 Å². The van der Waals surface area contributed by atoms with Crippen LogP contribution in [0.15, 0.2) is 28.7 Å². The first-order chi connectivity index (χ1) is 9.65. The van der Waals surface area contributed by atoms with Crippen LogP contribution in [0.4, 0.5) is 5.69 Å². The second-order valence-electron chi connectivity index (χ2n) is 4.80. The minimum atomic E-state index is -0.213. The second kappa shape index (κ2) is 9.02. The quantitative estimate of drug-likeness (QED) is 0.752. The van der Waals surface area contributed by atoms with Crippen molar-refractivity contribution in [3.63, 3.8) is 0 Å². The Kier molecular flexibility index (Phi) is 7.71. The van der Waals surface area contributed by atoms with E-state index in [1.165, 1.54) is 0 Å². The van der Waals surface area contributed by atoms with Crippen molar-refractivity contribution in [2.75, 3.05) is 25.0 Å². The fourth-order valence-electron chi connectivity index (χ4n) is 2.13. The van der Waals surface area contributed by atoms with E-state index in [-0.39, 0.29) is 36.7 Å². The van der Waals surface area contributed by atoms with E-state index in [2.05, 4.69) is 31.9 Å². The van der Waals surface area contributed by atoms with E-state index in [4.69, 9.17) is 0 Å². The Balaban J connectivity index is 0.00000220. The average molecular weight is 377 g/mol. The first-order valence-corrected chi connectivity index (χ1v) is 7.48. The summed E-state index contributed by atoms with van der Waals surface area (Å²) >= 11 is 3.33. The minimum Gasteiger partial charge on any atom is -0.347 e. The van der Waals surface area contributed by atoms with Crippen LogP contribution < -0.4 is 16.0 Å². The highest BCUT2D eigenvalue weighted by atomic mass is 79.9. The Hall–Kier alpha value is -1.11. The van der Waals surface area contributed by atoms with Gasteiger partial charge in [-0.1, -0.05) is 15.9 Å². The zero-order chi connectivity index (χ0) is 14.4. The molecule has 0 radical (unpaired) electrons. The number of nitrogens with one attached hydrogen (secondary N) is 3. The molecule has 2 rings (SSSR count). The topological polar surface area (TPSA) is 70.2 Å². The lowest BCUT2D eigenvalue weighted by molar-refractivity contribution is -0.127. The molecule has 0 bridgehead atoms. The molecule has 2 amide bonds. The zero-order valence-electron chi connectivity index (χ0n) is 11.5. The Labute approximate surface area is 138 Å². The number of benzene rings is 1. The highest BCUT2D eigenvalue weighted by Crippen LogP contribution is 2.14. The standard InChI is InChI=1S/C14H18BrN3O2.ClH/c15-11-1-3-12(4-2-11)18-13(19)9-17-14(20)10-5-7-16-8-6-10;/h1-4,10,16H,5-9H2,(H,17,20)(H,18,19);1H. The van der Waals surface area contributed by atoms with Crippen molar-refractivity contribution in [3.05, 3.63) is 28.7 Å². The van der Waals surface area contributed by atoms with Crippen LogP contribution in [-0.2, 0) is 9.59 Å². The number of anilines is 1. The van der Waals surface area contributed by atoms with Crippen LogP contribution >= 0.6 is 28.3 Å². The Morgan fingerprint density at radius 1 is 1.19 bits per heavy atom. The predicted octanol–water partition coefficient (Wildman–Crippen LogP) is 1.93. The lowest BCUT2D eigenvalue weighted by Crippen LogP contribution is -2.41. The molecule has 0 saturated carbocycles. The zero-order valence-corrected chi connectivity index (χ0v) is 13.9. The van der Waals surface area contributed by atoms with Gasteiger partial charge in [0.05, 0.1) is 6.54 Å². The molecule has 0 spiro atoms. The van der Waals surface area contributed by atoms with E-state index in [1.54, 1.807) is 12.1 Å². The summed E-state index contributed by atoms with van der Waals surface area (Å²) in [5.74, 6) is -0.219. The number of hydrogen-bond acceptors (Lipinski definition) is 3. The molecule has 1 heterocycles. The average Bonchev–Trinajstić information content (AvgIpc) is 2.48.